The van der Waals surface area contributed by atoms with Gasteiger partial charge in [0.25, 0.3) is 0 Å². The molecule has 2 aromatic heterocycles. The largest absolute Gasteiger partial charge is 0.325 e. The Morgan fingerprint density at radius 2 is 1.96 bits per heavy atom. The molecule has 140 valence electrons. The zero-order valence-corrected chi connectivity index (χ0v) is 16.8. The van der Waals surface area contributed by atoms with Gasteiger partial charge in [0.2, 0.25) is 5.91 Å². The number of amides is 1. The van der Waals surface area contributed by atoms with Gasteiger partial charge in [0.1, 0.15) is 0 Å². The van der Waals surface area contributed by atoms with Gasteiger partial charge >= 0.3 is 0 Å². The number of thioether (sulfide) groups is 1. The topological polar surface area (TPSA) is 76.9 Å². The molecule has 0 unspecified atom stereocenters. The third-order valence-electron chi connectivity index (χ3n) is 3.81. The number of anilines is 1. The van der Waals surface area contributed by atoms with Crippen LogP contribution in [0.2, 0.25) is 0 Å². The molecule has 0 saturated carbocycles. The fourth-order valence-corrected chi connectivity index (χ4v) is 4.01. The summed E-state index contributed by atoms with van der Waals surface area (Å²) in [5.74, 6) is 0.954. The summed E-state index contributed by atoms with van der Waals surface area (Å²) >= 11 is 2.99. The van der Waals surface area contributed by atoms with Crippen molar-refractivity contribution < 1.29 is 9.59 Å². The average molecular weight is 401 g/mol. The first-order valence-corrected chi connectivity index (χ1v) is 10.5. The van der Waals surface area contributed by atoms with Crippen molar-refractivity contribution in [1.82, 2.24) is 14.8 Å². The molecule has 27 heavy (non-hydrogen) atoms. The molecular weight excluding hydrogens is 380 g/mol. The minimum Gasteiger partial charge on any atom is -0.325 e. The monoisotopic (exact) mass is 400 g/mol. The van der Waals surface area contributed by atoms with Crippen LogP contribution in [0.3, 0.4) is 0 Å². The van der Waals surface area contributed by atoms with Gasteiger partial charge in [0.05, 0.1) is 10.6 Å². The Morgan fingerprint density at radius 3 is 2.59 bits per heavy atom. The van der Waals surface area contributed by atoms with Gasteiger partial charge in [0.15, 0.2) is 16.8 Å². The molecule has 0 spiro atoms. The molecule has 0 bridgehead atoms. The predicted molar refractivity (Wildman–Crippen MR) is 109 cm³/mol. The first kappa shape index (κ1) is 19.3. The highest BCUT2D eigenvalue weighted by Crippen LogP contribution is 2.27. The van der Waals surface area contributed by atoms with Crippen LogP contribution in [-0.4, -0.2) is 32.2 Å². The van der Waals surface area contributed by atoms with Gasteiger partial charge in [-0.05, 0) is 49.1 Å². The van der Waals surface area contributed by atoms with Crippen LogP contribution in [0.1, 0.15) is 30.6 Å². The molecule has 2 heterocycles. The summed E-state index contributed by atoms with van der Waals surface area (Å²) in [6.07, 6.45) is 0.957. The van der Waals surface area contributed by atoms with Gasteiger partial charge in [-0.2, -0.15) is 0 Å². The summed E-state index contributed by atoms with van der Waals surface area (Å²) in [5.41, 5.74) is 1.29. The molecule has 0 fully saturated rings. The van der Waals surface area contributed by atoms with Gasteiger partial charge in [-0.15, -0.1) is 21.5 Å². The summed E-state index contributed by atoms with van der Waals surface area (Å²) in [6, 6.07) is 10.9. The standard InChI is InChI=1S/C19H20N4O2S2/c1-3-10-23-18(16-5-4-11-26-16)21-22-19(23)27-12-17(25)20-15-8-6-14(7-9-15)13(2)24/h4-9,11H,3,10,12H2,1-2H3,(H,20,25). The normalized spacial score (nSPS) is 10.7. The van der Waals surface area contributed by atoms with E-state index in [1.54, 1.807) is 35.6 Å². The van der Waals surface area contributed by atoms with E-state index in [1.165, 1.54) is 18.7 Å². The first-order valence-electron chi connectivity index (χ1n) is 8.59. The summed E-state index contributed by atoms with van der Waals surface area (Å²) in [7, 11) is 0. The molecule has 8 heteroatoms. The Labute approximate surface area is 166 Å². The van der Waals surface area contributed by atoms with Crippen LogP contribution in [0.15, 0.2) is 46.9 Å². The third-order valence-corrected chi connectivity index (χ3v) is 5.65. The van der Waals surface area contributed by atoms with E-state index in [-0.39, 0.29) is 17.4 Å². The number of benzene rings is 1. The van der Waals surface area contributed by atoms with E-state index >= 15 is 0 Å². The molecule has 1 aromatic carbocycles. The molecule has 0 radical (unpaired) electrons. The van der Waals surface area contributed by atoms with Gasteiger partial charge < -0.3 is 9.88 Å². The molecule has 0 aliphatic heterocycles. The molecule has 3 rings (SSSR count). The van der Waals surface area contributed by atoms with Crippen LogP contribution in [0.5, 0.6) is 0 Å². The minimum absolute atomic E-state index is 0.000220. The SMILES string of the molecule is CCCn1c(SCC(=O)Nc2ccc(C(C)=O)cc2)nnc1-c1cccs1. The highest BCUT2D eigenvalue weighted by Gasteiger charge is 2.16. The van der Waals surface area contributed by atoms with Crippen molar-refractivity contribution in [3.63, 3.8) is 0 Å². The van der Waals surface area contributed by atoms with Crippen LogP contribution < -0.4 is 5.32 Å². The zero-order chi connectivity index (χ0) is 19.2. The predicted octanol–water partition coefficient (Wildman–Crippen LogP) is 4.35. The number of nitrogens with one attached hydrogen (secondary N) is 1. The van der Waals surface area contributed by atoms with E-state index in [9.17, 15) is 9.59 Å². The number of rotatable bonds is 8. The quantitative estimate of drug-likeness (QED) is 0.449. The molecule has 0 aliphatic carbocycles. The first-order chi connectivity index (χ1) is 13.1. The van der Waals surface area contributed by atoms with E-state index in [2.05, 4.69) is 27.0 Å². The molecule has 0 saturated heterocycles. The molecule has 1 amide bonds. The summed E-state index contributed by atoms with van der Waals surface area (Å²) < 4.78 is 2.06. The van der Waals surface area contributed by atoms with E-state index in [1.807, 2.05) is 17.5 Å². The zero-order valence-electron chi connectivity index (χ0n) is 15.1. The maximum absolute atomic E-state index is 12.3. The van der Waals surface area contributed by atoms with Crippen molar-refractivity contribution >= 4 is 40.5 Å². The second-order valence-corrected chi connectivity index (χ2v) is 7.80. The second kappa shape index (κ2) is 8.96. The molecule has 3 aromatic rings. The molecule has 0 atom stereocenters. The average Bonchev–Trinajstić information content (AvgIpc) is 3.30. The number of aromatic nitrogens is 3. The van der Waals surface area contributed by atoms with E-state index in [4.69, 9.17) is 0 Å². The molecule has 6 nitrogen and oxygen atoms in total. The smallest absolute Gasteiger partial charge is 0.234 e. The lowest BCUT2D eigenvalue weighted by molar-refractivity contribution is -0.113. The summed E-state index contributed by atoms with van der Waals surface area (Å²) in [6.45, 7) is 4.42. The van der Waals surface area contributed by atoms with Crippen LogP contribution in [0, 0.1) is 0 Å². The minimum atomic E-state index is -0.126. The van der Waals surface area contributed by atoms with Crippen molar-refractivity contribution in [1.29, 1.82) is 0 Å². The van der Waals surface area contributed by atoms with Crippen molar-refractivity contribution in [2.45, 2.75) is 32.0 Å². The van der Waals surface area contributed by atoms with E-state index in [0.717, 1.165) is 28.8 Å². The van der Waals surface area contributed by atoms with Crippen LogP contribution >= 0.6 is 23.1 Å². The number of carbonyl (C=O) groups is 2. The highest BCUT2D eigenvalue weighted by atomic mass is 32.2. The maximum atomic E-state index is 12.3. The van der Waals surface area contributed by atoms with Crippen LogP contribution in [0.25, 0.3) is 10.7 Å². The van der Waals surface area contributed by atoms with Gasteiger partial charge in [-0.25, -0.2) is 0 Å². The second-order valence-electron chi connectivity index (χ2n) is 5.91. The molecule has 1 N–H and O–H groups in total. The number of hydrogen-bond donors (Lipinski definition) is 1. The fraction of sp³-hybridized carbons (Fsp3) is 0.263. The van der Waals surface area contributed by atoms with Crippen molar-refractivity contribution in [2.75, 3.05) is 11.1 Å². The summed E-state index contributed by atoms with van der Waals surface area (Å²) in [5, 5.41) is 14.2. The van der Waals surface area contributed by atoms with Crippen LogP contribution in [0.4, 0.5) is 5.69 Å². The van der Waals surface area contributed by atoms with Crippen LogP contribution in [-0.2, 0) is 11.3 Å². The summed E-state index contributed by atoms with van der Waals surface area (Å²) in [4.78, 5) is 24.6. The maximum Gasteiger partial charge on any atom is 0.234 e. The number of carbonyl (C=O) groups excluding carboxylic acids is 2. The van der Waals surface area contributed by atoms with E-state index < -0.39 is 0 Å². The Balaban J connectivity index is 1.64. The number of Topliss-reactive ketones (excluding diaryl/α,β-unsaturated/α-hetero) is 1. The Hall–Kier alpha value is -2.45. The van der Waals surface area contributed by atoms with E-state index in [0.29, 0.717) is 11.3 Å². The third kappa shape index (κ3) is 4.84. The lowest BCUT2D eigenvalue weighted by Crippen LogP contribution is -2.14. The lowest BCUT2D eigenvalue weighted by Gasteiger charge is -2.08. The Morgan fingerprint density at radius 1 is 1.19 bits per heavy atom. The van der Waals surface area contributed by atoms with Gasteiger partial charge in [-0.3, -0.25) is 9.59 Å². The lowest BCUT2D eigenvalue weighted by atomic mass is 10.1. The Bertz CT molecular complexity index is 918. The number of hydrogen-bond acceptors (Lipinski definition) is 6. The highest BCUT2D eigenvalue weighted by molar-refractivity contribution is 7.99. The number of thiophene rings is 1. The van der Waals surface area contributed by atoms with Gasteiger partial charge in [-0.1, -0.05) is 24.8 Å². The van der Waals surface area contributed by atoms with Gasteiger partial charge in [0, 0.05) is 17.8 Å². The number of nitrogens with zero attached hydrogens (tertiary/aromatic N) is 3. The number of ketones is 1. The molecule has 0 aliphatic rings. The fourth-order valence-electron chi connectivity index (χ4n) is 2.52. The Kier molecular flexibility index (Phi) is 6.41. The van der Waals surface area contributed by atoms with Crippen molar-refractivity contribution in [2.24, 2.45) is 0 Å². The van der Waals surface area contributed by atoms with Crippen molar-refractivity contribution in [3.05, 3.63) is 47.3 Å². The van der Waals surface area contributed by atoms with Crippen molar-refractivity contribution in [3.8, 4) is 10.7 Å². The molecular formula is C19H20N4O2S2.